The second kappa shape index (κ2) is 6.78. The minimum Gasteiger partial charge on any atom is -0.264 e. The van der Waals surface area contributed by atoms with Gasteiger partial charge in [-0.05, 0) is 30.9 Å². The lowest BCUT2D eigenvalue weighted by atomic mass is 10.0. The molecule has 0 bridgehead atoms. The van der Waals surface area contributed by atoms with Crippen LogP contribution < -0.4 is 0 Å². The molecule has 0 aromatic heterocycles. The van der Waals surface area contributed by atoms with Gasteiger partial charge in [-0.25, -0.2) is 0 Å². The highest BCUT2D eigenvalue weighted by molar-refractivity contribution is 5.87. The van der Waals surface area contributed by atoms with E-state index in [0.29, 0.717) is 5.92 Å². The Balaban J connectivity index is 3.03. The standard InChI is InChI=1S/C15H19N/c1-4-6-8-14(7-5-2)15-11-13(3)9-10-16-12-15/h4-13H,1-3H3/b6-4-,7-5+,14-8+. The van der Waals surface area contributed by atoms with Crippen LogP contribution in [0.15, 0.2) is 64.9 Å². The Labute approximate surface area is 98.3 Å². The Morgan fingerprint density at radius 3 is 2.81 bits per heavy atom. The highest BCUT2D eigenvalue weighted by Crippen LogP contribution is 2.16. The Morgan fingerprint density at radius 2 is 2.12 bits per heavy atom. The van der Waals surface area contributed by atoms with Crippen molar-refractivity contribution >= 4 is 6.21 Å². The summed E-state index contributed by atoms with van der Waals surface area (Å²) in [7, 11) is 0. The third-order valence-corrected chi connectivity index (χ3v) is 2.28. The van der Waals surface area contributed by atoms with E-state index < -0.39 is 0 Å². The van der Waals surface area contributed by atoms with Crippen molar-refractivity contribution in [3.05, 3.63) is 59.9 Å². The predicted molar refractivity (Wildman–Crippen MR) is 72.6 cm³/mol. The molecule has 1 unspecified atom stereocenters. The predicted octanol–water partition coefficient (Wildman–Crippen LogP) is 4.23. The number of hydrogen-bond acceptors (Lipinski definition) is 1. The summed E-state index contributed by atoms with van der Waals surface area (Å²) >= 11 is 0. The van der Waals surface area contributed by atoms with E-state index in [0.717, 1.165) is 0 Å². The van der Waals surface area contributed by atoms with Crippen LogP contribution >= 0.6 is 0 Å². The van der Waals surface area contributed by atoms with Gasteiger partial charge in [-0.3, -0.25) is 4.99 Å². The molecule has 1 heteroatoms. The van der Waals surface area contributed by atoms with Gasteiger partial charge in [0.15, 0.2) is 0 Å². The van der Waals surface area contributed by atoms with Gasteiger partial charge in [-0.1, -0.05) is 49.5 Å². The summed E-state index contributed by atoms with van der Waals surface area (Å²) in [5.74, 6) is 0.428. The molecule has 1 heterocycles. The minimum absolute atomic E-state index is 0.428. The maximum Gasteiger partial charge on any atom is 0.0343 e. The quantitative estimate of drug-likeness (QED) is 0.622. The van der Waals surface area contributed by atoms with E-state index in [1.165, 1.54) is 11.1 Å². The van der Waals surface area contributed by atoms with Crippen molar-refractivity contribution in [1.29, 1.82) is 0 Å². The molecule has 0 fully saturated rings. The van der Waals surface area contributed by atoms with Crippen molar-refractivity contribution in [3.8, 4) is 0 Å². The number of nitrogens with zero attached hydrogens (tertiary/aromatic N) is 1. The van der Waals surface area contributed by atoms with E-state index in [-0.39, 0.29) is 0 Å². The maximum absolute atomic E-state index is 4.24. The largest absolute Gasteiger partial charge is 0.264 e. The smallest absolute Gasteiger partial charge is 0.0343 e. The topological polar surface area (TPSA) is 12.4 Å². The van der Waals surface area contributed by atoms with Crippen LogP contribution in [0, 0.1) is 5.92 Å². The Bertz CT molecular complexity index is 390. The molecule has 1 nitrogen and oxygen atoms in total. The molecule has 0 radical (unpaired) electrons. The van der Waals surface area contributed by atoms with Crippen molar-refractivity contribution in [2.24, 2.45) is 10.9 Å². The van der Waals surface area contributed by atoms with Crippen LogP contribution in [-0.2, 0) is 0 Å². The molecule has 0 saturated carbocycles. The first kappa shape index (κ1) is 12.4. The zero-order valence-electron chi connectivity index (χ0n) is 10.2. The molecule has 1 rings (SSSR count). The summed E-state index contributed by atoms with van der Waals surface area (Å²) in [4.78, 5) is 4.24. The molecule has 0 aliphatic carbocycles. The second-order valence-corrected chi connectivity index (χ2v) is 3.75. The van der Waals surface area contributed by atoms with Gasteiger partial charge in [0, 0.05) is 12.4 Å². The SMILES string of the molecule is C\C=C/C=C(\C=C\C)C1=CC(C)C=CN=C1. The average molecular weight is 213 g/mol. The van der Waals surface area contributed by atoms with E-state index >= 15 is 0 Å². The third kappa shape index (κ3) is 3.85. The molecule has 0 saturated heterocycles. The van der Waals surface area contributed by atoms with E-state index in [4.69, 9.17) is 0 Å². The van der Waals surface area contributed by atoms with Crippen molar-refractivity contribution < 1.29 is 0 Å². The molecule has 1 aliphatic heterocycles. The fourth-order valence-electron chi connectivity index (χ4n) is 1.49. The second-order valence-electron chi connectivity index (χ2n) is 3.75. The lowest BCUT2D eigenvalue weighted by Gasteiger charge is -2.03. The third-order valence-electron chi connectivity index (χ3n) is 2.28. The normalized spacial score (nSPS) is 21.8. The maximum atomic E-state index is 4.24. The van der Waals surface area contributed by atoms with Gasteiger partial charge >= 0.3 is 0 Å². The van der Waals surface area contributed by atoms with Crippen LogP contribution in [0.3, 0.4) is 0 Å². The monoisotopic (exact) mass is 213 g/mol. The fourth-order valence-corrected chi connectivity index (χ4v) is 1.49. The summed E-state index contributed by atoms with van der Waals surface area (Å²) in [6.45, 7) is 6.21. The molecule has 0 aromatic carbocycles. The van der Waals surface area contributed by atoms with Crippen molar-refractivity contribution in [3.63, 3.8) is 0 Å². The van der Waals surface area contributed by atoms with Gasteiger partial charge in [0.05, 0.1) is 0 Å². The summed E-state index contributed by atoms with van der Waals surface area (Å²) in [6.07, 6.45) is 18.4. The van der Waals surface area contributed by atoms with Gasteiger partial charge in [-0.2, -0.15) is 0 Å². The molecule has 84 valence electrons. The number of rotatable bonds is 3. The molecular weight excluding hydrogens is 194 g/mol. The number of hydrogen-bond donors (Lipinski definition) is 0. The first-order chi connectivity index (χ1) is 7.77. The number of allylic oxidation sites excluding steroid dienone is 9. The van der Waals surface area contributed by atoms with E-state index in [1.54, 1.807) is 0 Å². The lowest BCUT2D eigenvalue weighted by Crippen LogP contribution is -1.91. The van der Waals surface area contributed by atoms with Gasteiger partial charge in [0.2, 0.25) is 0 Å². The molecule has 1 atom stereocenters. The Hall–Kier alpha value is -1.63. The highest BCUT2D eigenvalue weighted by Gasteiger charge is 2.02. The summed E-state index contributed by atoms with van der Waals surface area (Å²) in [5, 5.41) is 0. The highest BCUT2D eigenvalue weighted by atomic mass is 14.7. The summed E-state index contributed by atoms with van der Waals surface area (Å²) in [6, 6.07) is 0. The van der Waals surface area contributed by atoms with E-state index in [2.05, 4.69) is 36.2 Å². The minimum atomic E-state index is 0.428. The molecule has 16 heavy (non-hydrogen) atoms. The molecule has 0 amide bonds. The average Bonchev–Trinajstić information content (AvgIpc) is 2.49. The first-order valence-electron chi connectivity index (χ1n) is 5.65. The van der Waals surface area contributed by atoms with Crippen LogP contribution in [-0.4, -0.2) is 6.21 Å². The summed E-state index contributed by atoms with van der Waals surface area (Å²) in [5.41, 5.74) is 2.37. The Kier molecular flexibility index (Phi) is 5.27. The molecule has 0 N–H and O–H groups in total. The van der Waals surface area contributed by atoms with E-state index in [1.807, 2.05) is 44.5 Å². The molecule has 0 spiro atoms. The molecule has 1 aliphatic rings. The van der Waals surface area contributed by atoms with Gasteiger partial charge in [0.25, 0.3) is 0 Å². The Morgan fingerprint density at radius 1 is 1.31 bits per heavy atom. The zero-order valence-corrected chi connectivity index (χ0v) is 10.2. The van der Waals surface area contributed by atoms with Crippen LogP contribution in [0.4, 0.5) is 0 Å². The summed E-state index contributed by atoms with van der Waals surface area (Å²) < 4.78 is 0. The van der Waals surface area contributed by atoms with Crippen LogP contribution in [0.25, 0.3) is 0 Å². The van der Waals surface area contributed by atoms with Crippen molar-refractivity contribution in [1.82, 2.24) is 0 Å². The lowest BCUT2D eigenvalue weighted by molar-refractivity contribution is 0.935. The van der Waals surface area contributed by atoms with Gasteiger partial charge in [0.1, 0.15) is 0 Å². The van der Waals surface area contributed by atoms with Gasteiger partial charge in [-0.15, -0.1) is 0 Å². The first-order valence-corrected chi connectivity index (χ1v) is 5.65. The fraction of sp³-hybridized carbons (Fsp3) is 0.267. The van der Waals surface area contributed by atoms with Crippen LogP contribution in [0.1, 0.15) is 20.8 Å². The van der Waals surface area contributed by atoms with Gasteiger partial charge < -0.3 is 0 Å². The van der Waals surface area contributed by atoms with E-state index in [9.17, 15) is 0 Å². The van der Waals surface area contributed by atoms with Crippen LogP contribution in [0.5, 0.6) is 0 Å². The van der Waals surface area contributed by atoms with Crippen molar-refractivity contribution in [2.75, 3.05) is 0 Å². The van der Waals surface area contributed by atoms with Crippen molar-refractivity contribution in [2.45, 2.75) is 20.8 Å². The zero-order chi connectivity index (χ0) is 11.8. The molecule has 0 aromatic rings. The number of aliphatic imine (C=N–C) groups is 1. The van der Waals surface area contributed by atoms with Crippen LogP contribution in [0.2, 0.25) is 0 Å². The molecular formula is C15H19N.